The quantitative estimate of drug-likeness (QED) is 0.641. The van der Waals surface area contributed by atoms with E-state index >= 15 is 0 Å². The second-order valence-corrected chi connectivity index (χ2v) is 2.05. The average Bonchev–Trinajstić information content (AvgIpc) is 2.56. The minimum Gasteiger partial charge on any atom is -0.457 e. The number of esters is 1. The summed E-state index contributed by atoms with van der Waals surface area (Å²) < 4.78 is 9.58. The lowest BCUT2D eigenvalue weighted by Gasteiger charge is -1.96. The standard InChI is InChI=1S/C9H9O3/c1-2-3-6-12-9(10)8-5-4-7-11-8/h2-5,7H,1,6H2. The van der Waals surface area contributed by atoms with E-state index < -0.39 is 5.97 Å². The van der Waals surface area contributed by atoms with E-state index in [-0.39, 0.29) is 12.4 Å². The van der Waals surface area contributed by atoms with Crippen molar-refractivity contribution in [2.24, 2.45) is 0 Å². The first kappa shape index (κ1) is 8.59. The van der Waals surface area contributed by atoms with Crippen molar-refractivity contribution in [2.75, 3.05) is 6.61 Å². The predicted octanol–water partition coefficient (Wildman–Crippen LogP) is 1.83. The number of carbonyl (C=O) groups excluding carboxylic acids is 1. The van der Waals surface area contributed by atoms with E-state index in [1.807, 2.05) is 0 Å². The highest BCUT2D eigenvalue weighted by molar-refractivity contribution is 5.86. The van der Waals surface area contributed by atoms with Crippen LogP contribution in [0.3, 0.4) is 0 Å². The third kappa shape index (κ3) is 2.27. The average molecular weight is 165 g/mol. The number of carbonyl (C=O) groups is 1. The first-order valence-electron chi connectivity index (χ1n) is 3.49. The summed E-state index contributed by atoms with van der Waals surface area (Å²) in [5, 5.41) is 0. The van der Waals surface area contributed by atoms with E-state index in [0.29, 0.717) is 0 Å². The fourth-order valence-electron chi connectivity index (χ4n) is 0.658. The zero-order valence-electron chi connectivity index (χ0n) is 6.53. The molecule has 3 nitrogen and oxygen atoms in total. The molecular formula is C9H9O3. The van der Waals surface area contributed by atoms with Crippen LogP contribution >= 0.6 is 0 Å². The van der Waals surface area contributed by atoms with Gasteiger partial charge in [-0.2, -0.15) is 0 Å². The lowest BCUT2D eigenvalue weighted by atomic mass is 10.4. The zero-order valence-corrected chi connectivity index (χ0v) is 6.53. The fourth-order valence-corrected chi connectivity index (χ4v) is 0.658. The molecular weight excluding hydrogens is 156 g/mol. The summed E-state index contributed by atoms with van der Waals surface area (Å²) in [6, 6.07) is 3.18. The van der Waals surface area contributed by atoms with Gasteiger partial charge in [-0.1, -0.05) is 12.2 Å². The van der Waals surface area contributed by atoms with Crippen LogP contribution in [0.1, 0.15) is 10.6 Å². The summed E-state index contributed by atoms with van der Waals surface area (Å²) in [6.07, 6.45) is 4.63. The summed E-state index contributed by atoms with van der Waals surface area (Å²) in [4.78, 5) is 11.0. The van der Waals surface area contributed by atoms with Gasteiger partial charge in [0, 0.05) is 0 Å². The summed E-state index contributed by atoms with van der Waals surface area (Å²) in [5.41, 5.74) is 0. The van der Waals surface area contributed by atoms with Gasteiger partial charge >= 0.3 is 5.97 Å². The van der Waals surface area contributed by atoms with Crippen molar-refractivity contribution in [1.82, 2.24) is 0 Å². The van der Waals surface area contributed by atoms with Gasteiger partial charge in [-0.15, -0.1) is 0 Å². The van der Waals surface area contributed by atoms with Gasteiger partial charge in [-0.25, -0.2) is 4.79 Å². The van der Waals surface area contributed by atoms with Crippen LogP contribution in [-0.4, -0.2) is 12.6 Å². The van der Waals surface area contributed by atoms with Gasteiger partial charge in [0.05, 0.1) is 6.26 Å². The van der Waals surface area contributed by atoms with Gasteiger partial charge in [0.25, 0.3) is 0 Å². The second-order valence-electron chi connectivity index (χ2n) is 2.05. The van der Waals surface area contributed by atoms with Crippen LogP contribution in [0.15, 0.2) is 35.0 Å². The molecule has 0 saturated carbocycles. The van der Waals surface area contributed by atoms with Crippen LogP contribution in [0.25, 0.3) is 0 Å². The topological polar surface area (TPSA) is 39.4 Å². The molecule has 0 fully saturated rings. The Hall–Kier alpha value is -1.51. The van der Waals surface area contributed by atoms with Crippen LogP contribution in [0.5, 0.6) is 0 Å². The number of rotatable bonds is 3. The molecule has 0 spiro atoms. The fraction of sp³-hybridized carbons (Fsp3) is 0.111. The maximum Gasteiger partial charge on any atom is 0.374 e. The van der Waals surface area contributed by atoms with Gasteiger partial charge < -0.3 is 9.15 Å². The summed E-state index contributed by atoms with van der Waals surface area (Å²) in [6.45, 7) is 3.68. The Morgan fingerprint density at radius 1 is 1.75 bits per heavy atom. The number of allylic oxidation sites excluding steroid dienone is 1. The molecule has 1 aromatic heterocycles. The van der Waals surface area contributed by atoms with Gasteiger partial charge in [-0.3, -0.25) is 0 Å². The molecule has 1 radical (unpaired) electrons. The third-order valence-corrected chi connectivity index (χ3v) is 1.20. The van der Waals surface area contributed by atoms with E-state index in [0.717, 1.165) is 0 Å². The number of furan rings is 1. The van der Waals surface area contributed by atoms with E-state index in [1.165, 1.54) is 6.26 Å². The molecule has 0 atom stereocenters. The molecule has 1 heterocycles. The summed E-state index contributed by atoms with van der Waals surface area (Å²) in [5.74, 6) is -0.245. The van der Waals surface area contributed by atoms with Crippen molar-refractivity contribution >= 4 is 5.97 Å². The predicted molar refractivity (Wildman–Crippen MR) is 43.5 cm³/mol. The Morgan fingerprint density at radius 3 is 3.17 bits per heavy atom. The normalized spacial score (nSPS) is 10.4. The van der Waals surface area contributed by atoms with E-state index in [1.54, 1.807) is 24.3 Å². The number of hydrogen-bond donors (Lipinski definition) is 0. The Kier molecular flexibility index (Phi) is 3.14. The first-order chi connectivity index (χ1) is 5.84. The van der Waals surface area contributed by atoms with Crippen molar-refractivity contribution in [3.63, 3.8) is 0 Å². The van der Waals surface area contributed by atoms with E-state index in [9.17, 15) is 4.79 Å². The van der Waals surface area contributed by atoms with Crippen molar-refractivity contribution < 1.29 is 13.9 Å². The maximum absolute atomic E-state index is 11.0. The highest BCUT2D eigenvalue weighted by Crippen LogP contribution is 2.01. The van der Waals surface area contributed by atoms with Crippen LogP contribution in [0.4, 0.5) is 0 Å². The zero-order chi connectivity index (χ0) is 8.81. The Bertz CT molecular complexity index is 259. The molecule has 0 amide bonds. The van der Waals surface area contributed by atoms with Crippen LogP contribution in [0.2, 0.25) is 0 Å². The smallest absolute Gasteiger partial charge is 0.374 e. The molecule has 0 aliphatic heterocycles. The van der Waals surface area contributed by atoms with E-state index in [4.69, 9.17) is 9.15 Å². The molecule has 1 rings (SSSR count). The Morgan fingerprint density at radius 2 is 2.58 bits per heavy atom. The number of hydrogen-bond acceptors (Lipinski definition) is 3. The summed E-state index contributed by atoms with van der Waals surface area (Å²) in [7, 11) is 0. The lowest BCUT2D eigenvalue weighted by Crippen LogP contribution is -2.03. The maximum atomic E-state index is 11.0. The van der Waals surface area contributed by atoms with Crippen molar-refractivity contribution in [3.05, 3.63) is 43.2 Å². The minimum absolute atomic E-state index is 0.215. The molecule has 0 aliphatic rings. The summed E-state index contributed by atoms with van der Waals surface area (Å²) >= 11 is 0. The lowest BCUT2D eigenvalue weighted by molar-refractivity contribution is 0.0513. The van der Waals surface area contributed by atoms with Crippen molar-refractivity contribution in [2.45, 2.75) is 0 Å². The molecule has 0 saturated heterocycles. The minimum atomic E-state index is -0.460. The Balaban J connectivity index is 2.40. The monoisotopic (exact) mass is 165 g/mol. The largest absolute Gasteiger partial charge is 0.457 e. The van der Waals surface area contributed by atoms with E-state index in [2.05, 4.69) is 6.92 Å². The molecule has 0 aromatic carbocycles. The SMILES string of the molecule is [CH2]C=CCOC(=O)c1ccco1. The van der Waals surface area contributed by atoms with Gasteiger partial charge in [0.2, 0.25) is 5.76 Å². The molecule has 3 heteroatoms. The molecule has 0 N–H and O–H groups in total. The molecule has 63 valence electrons. The van der Waals surface area contributed by atoms with Gasteiger partial charge in [0.15, 0.2) is 0 Å². The van der Waals surface area contributed by atoms with Crippen molar-refractivity contribution in [3.8, 4) is 0 Å². The molecule has 0 bridgehead atoms. The van der Waals surface area contributed by atoms with Crippen LogP contribution in [0, 0.1) is 6.92 Å². The van der Waals surface area contributed by atoms with Crippen LogP contribution in [-0.2, 0) is 4.74 Å². The van der Waals surface area contributed by atoms with Gasteiger partial charge in [-0.05, 0) is 19.1 Å². The molecule has 1 aromatic rings. The number of ether oxygens (including phenoxy) is 1. The molecule has 0 aliphatic carbocycles. The van der Waals surface area contributed by atoms with Crippen molar-refractivity contribution in [1.29, 1.82) is 0 Å². The second kappa shape index (κ2) is 4.38. The highest BCUT2D eigenvalue weighted by Gasteiger charge is 2.07. The molecule has 0 unspecified atom stereocenters. The molecule has 12 heavy (non-hydrogen) atoms. The Labute approximate surface area is 70.6 Å². The van der Waals surface area contributed by atoms with Gasteiger partial charge in [0.1, 0.15) is 6.61 Å². The van der Waals surface area contributed by atoms with Crippen LogP contribution < -0.4 is 0 Å². The highest BCUT2D eigenvalue weighted by atomic mass is 16.5. The third-order valence-electron chi connectivity index (χ3n) is 1.20. The first-order valence-corrected chi connectivity index (χ1v) is 3.49.